The number of hydrogen-bond donors (Lipinski definition) is 1. The minimum absolute atomic E-state index is 0.128. The van der Waals surface area contributed by atoms with Gasteiger partial charge in [-0.05, 0) is 43.9 Å². The lowest BCUT2D eigenvalue weighted by Gasteiger charge is -2.45. The molecule has 1 saturated carbocycles. The lowest BCUT2D eigenvalue weighted by atomic mass is 9.62. The van der Waals surface area contributed by atoms with Crippen LogP contribution in [-0.4, -0.2) is 24.9 Å². The fourth-order valence-electron chi connectivity index (χ4n) is 2.73. The van der Waals surface area contributed by atoms with Crippen LogP contribution in [0.3, 0.4) is 0 Å². The highest BCUT2D eigenvalue weighted by Gasteiger charge is 2.39. The van der Waals surface area contributed by atoms with Gasteiger partial charge in [-0.2, -0.15) is 0 Å². The van der Waals surface area contributed by atoms with E-state index in [0.29, 0.717) is 11.8 Å². The standard InChI is InChI=1S/C11H22O2/c1-8-7-10(5-4-6-13-3)11(8)9(2)12/h8-12H,4-7H2,1-3H3. The Labute approximate surface area is 81.3 Å². The lowest BCUT2D eigenvalue weighted by Crippen LogP contribution is -2.41. The molecular weight excluding hydrogens is 164 g/mol. The molecule has 1 N–H and O–H groups in total. The molecule has 0 amide bonds. The fourth-order valence-corrected chi connectivity index (χ4v) is 2.73. The summed E-state index contributed by atoms with van der Waals surface area (Å²) in [5.41, 5.74) is 0. The summed E-state index contributed by atoms with van der Waals surface area (Å²) in [6.07, 6.45) is 3.51. The second-order valence-electron chi connectivity index (χ2n) is 4.43. The molecule has 0 heterocycles. The first-order valence-electron chi connectivity index (χ1n) is 5.33. The van der Waals surface area contributed by atoms with Gasteiger partial charge in [0, 0.05) is 13.7 Å². The molecule has 1 aliphatic carbocycles. The van der Waals surface area contributed by atoms with Gasteiger partial charge in [-0.1, -0.05) is 6.92 Å². The molecule has 2 nitrogen and oxygen atoms in total. The van der Waals surface area contributed by atoms with Gasteiger partial charge in [0.15, 0.2) is 0 Å². The van der Waals surface area contributed by atoms with Crippen molar-refractivity contribution in [1.29, 1.82) is 0 Å². The molecule has 13 heavy (non-hydrogen) atoms. The van der Waals surface area contributed by atoms with Crippen LogP contribution < -0.4 is 0 Å². The average Bonchev–Trinajstić information content (AvgIpc) is 2.01. The van der Waals surface area contributed by atoms with E-state index in [0.717, 1.165) is 18.9 Å². The third-order valence-corrected chi connectivity index (χ3v) is 3.36. The van der Waals surface area contributed by atoms with Crippen molar-refractivity contribution < 1.29 is 9.84 Å². The average molecular weight is 186 g/mol. The quantitative estimate of drug-likeness (QED) is 0.666. The van der Waals surface area contributed by atoms with Gasteiger partial charge >= 0.3 is 0 Å². The van der Waals surface area contributed by atoms with Crippen LogP contribution in [-0.2, 0) is 4.74 Å². The van der Waals surface area contributed by atoms with Crippen molar-refractivity contribution in [1.82, 2.24) is 0 Å². The number of ether oxygens (including phenoxy) is 1. The molecular formula is C11H22O2. The minimum Gasteiger partial charge on any atom is -0.393 e. The topological polar surface area (TPSA) is 29.5 Å². The Morgan fingerprint density at radius 1 is 1.54 bits per heavy atom. The van der Waals surface area contributed by atoms with Crippen LogP contribution in [0.25, 0.3) is 0 Å². The van der Waals surface area contributed by atoms with Gasteiger partial charge < -0.3 is 9.84 Å². The molecule has 4 unspecified atom stereocenters. The summed E-state index contributed by atoms with van der Waals surface area (Å²) in [7, 11) is 1.75. The summed E-state index contributed by atoms with van der Waals surface area (Å²) >= 11 is 0. The van der Waals surface area contributed by atoms with Crippen molar-refractivity contribution >= 4 is 0 Å². The second-order valence-corrected chi connectivity index (χ2v) is 4.43. The van der Waals surface area contributed by atoms with Gasteiger partial charge in [0.05, 0.1) is 6.10 Å². The molecule has 0 spiro atoms. The Kier molecular flexibility index (Phi) is 4.20. The second kappa shape index (κ2) is 4.97. The monoisotopic (exact) mass is 186 g/mol. The summed E-state index contributed by atoms with van der Waals surface area (Å²) in [5, 5.41) is 9.54. The summed E-state index contributed by atoms with van der Waals surface area (Å²) in [4.78, 5) is 0. The maximum Gasteiger partial charge on any atom is 0.0545 e. The Morgan fingerprint density at radius 3 is 2.69 bits per heavy atom. The summed E-state index contributed by atoms with van der Waals surface area (Å²) in [6.45, 7) is 5.02. The molecule has 0 aromatic heterocycles. The highest BCUT2D eigenvalue weighted by atomic mass is 16.5. The third-order valence-electron chi connectivity index (χ3n) is 3.36. The molecule has 0 aromatic carbocycles. The third kappa shape index (κ3) is 2.68. The Hall–Kier alpha value is -0.0800. The number of hydrogen-bond acceptors (Lipinski definition) is 2. The van der Waals surface area contributed by atoms with E-state index in [1.807, 2.05) is 6.92 Å². The Morgan fingerprint density at radius 2 is 2.23 bits per heavy atom. The smallest absolute Gasteiger partial charge is 0.0545 e. The zero-order valence-electron chi connectivity index (χ0n) is 8.99. The fraction of sp³-hybridized carbons (Fsp3) is 1.00. The lowest BCUT2D eigenvalue weighted by molar-refractivity contribution is -0.0303. The van der Waals surface area contributed by atoms with Crippen LogP contribution in [0, 0.1) is 17.8 Å². The molecule has 0 aliphatic heterocycles. The van der Waals surface area contributed by atoms with E-state index in [4.69, 9.17) is 4.74 Å². The van der Waals surface area contributed by atoms with E-state index in [9.17, 15) is 5.11 Å². The minimum atomic E-state index is -0.128. The van der Waals surface area contributed by atoms with Crippen molar-refractivity contribution in [2.24, 2.45) is 17.8 Å². The number of rotatable bonds is 5. The molecule has 4 atom stereocenters. The van der Waals surface area contributed by atoms with Gasteiger partial charge in [0.25, 0.3) is 0 Å². The van der Waals surface area contributed by atoms with Crippen molar-refractivity contribution in [2.75, 3.05) is 13.7 Å². The highest BCUT2D eigenvalue weighted by molar-refractivity contribution is 4.89. The zero-order valence-corrected chi connectivity index (χ0v) is 8.99. The van der Waals surface area contributed by atoms with Crippen LogP contribution in [0.5, 0.6) is 0 Å². The molecule has 0 aromatic rings. The van der Waals surface area contributed by atoms with Gasteiger partial charge in [-0.25, -0.2) is 0 Å². The predicted octanol–water partition coefficient (Wildman–Crippen LogP) is 2.07. The van der Waals surface area contributed by atoms with Crippen LogP contribution in [0.15, 0.2) is 0 Å². The first kappa shape index (κ1) is 11.0. The van der Waals surface area contributed by atoms with Crippen molar-refractivity contribution in [3.8, 4) is 0 Å². The van der Waals surface area contributed by atoms with Gasteiger partial charge in [-0.15, -0.1) is 0 Å². The van der Waals surface area contributed by atoms with Crippen LogP contribution in [0.4, 0.5) is 0 Å². The molecule has 1 rings (SSSR count). The van der Waals surface area contributed by atoms with E-state index >= 15 is 0 Å². The zero-order chi connectivity index (χ0) is 9.84. The number of aliphatic hydroxyl groups excluding tert-OH is 1. The molecule has 1 aliphatic rings. The Balaban J connectivity index is 2.20. The van der Waals surface area contributed by atoms with E-state index in [1.165, 1.54) is 12.8 Å². The molecule has 2 heteroatoms. The summed E-state index contributed by atoms with van der Waals surface area (Å²) in [6, 6.07) is 0. The van der Waals surface area contributed by atoms with Crippen LogP contribution in [0.2, 0.25) is 0 Å². The van der Waals surface area contributed by atoms with E-state index in [-0.39, 0.29) is 6.10 Å². The van der Waals surface area contributed by atoms with Crippen molar-refractivity contribution in [2.45, 2.75) is 39.2 Å². The number of aliphatic hydroxyl groups is 1. The molecule has 0 radical (unpaired) electrons. The first-order valence-corrected chi connectivity index (χ1v) is 5.33. The maximum atomic E-state index is 9.54. The summed E-state index contributed by atoms with van der Waals surface area (Å²) < 4.78 is 5.02. The normalized spacial score (nSPS) is 35.5. The van der Waals surface area contributed by atoms with Gasteiger partial charge in [0.1, 0.15) is 0 Å². The largest absolute Gasteiger partial charge is 0.393 e. The SMILES string of the molecule is COCCCC1CC(C)C1C(C)O. The van der Waals surface area contributed by atoms with Crippen molar-refractivity contribution in [3.63, 3.8) is 0 Å². The first-order chi connectivity index (χ1) is 6.16. The summed E-state index contributed by atoms with van der Waals surface area (Å²) in [5.74, 6) is 1.99. The van der Waals surface area contributed by atoms with E-state index < -0.39 is 0 Å². The molecule has 0 saturated heterocycles. The predicted molar refractivity (Wildman–Crippen MR) is 53.6 cm³/mol. The van der Waals surface area contributed by atoms with Crippen molar-refractivity contribution in [3.05, 3.63) is 0 Å². The van der Waals surface area contributed by atoms with E-state index in [1.54, 1.807) is 7.11 Å². The number of methoxy groups -OCH3 is 1. The molecule has 0 bridgehead atoms. The maximum absolute atomic E-state index is 9.54. The van der Waals surface area contributed by atoms with Crippen LogP contribution in [0.1, 0.15) is 33.1 Å². The van der Waals surface area contributed by atoms with Gasteiger partial charge in [0.2, 0.25) is 0 Å². The highest BCUT2D eigenvalue weighted by Crippen LogP contribution is 2.44. The molecule has 78 valence electrons. The van der Waals surface area contributed by atoms with Gasteiger partial charge in [-0.3, -0.25) is 0 Å². The Bertz CT molecular complexity index is 140. The molecule has 1 fully saturated rings. The van der Waals surface area contributed by atoms with E-state index in [2.05, 4.69) is 6.92 Å². The van der Waals surface area contributed by atoms with Crippen LogP contribution >= 0.6 is 0 Å².